The lowest BCUT2D eigenvalue weighted by Gasteiger charge is -2.33. The third kappa shape index (κ3) is 3.58. The highest BCUT2D eigenvalue weighted by Gasteiger charge is 2.31. The molecule has 1 atom stereocenters. The number of fused-ring (bicyclic) bond motifs is 1. The van der Waals surface area contributed by atoms with Crippen molar-refractivity contribution in [3.8, 4) is 11.1 Å². The van der Waals surface area contributed by atoms with E-state index in [1.807, 2.05) is 38.1 Å². The van der Waals surface area contributed by atoms with Crippen LogP contribution < -0.4 is 5.73 Å². The normalized spacial score (nSPS) is 16.4. The average molecular weight is 429 g/mol. The van der Waals surface area contributed by atoms with E-state index in [9.17, 15) is 4.79 Å². The Morgan fingerprint density at radius 1 is 1.19 bits per heavy atom. The number of morpholine rings is 1. The Labute approximate surface area is 185 Å². The molecule has 1 fully saturated rings. The molecule has 32 heavy (non-hydrogen) atoms. The van der Waals surface area contributed by atoms with Crippen LogP contribution in [0.1, 0.15) is 33.5 Å². The number of carbonyl (C=O) groups excluding carboxylic acids is 1. The highest BCUT2D eigenvalue weighted by atomic mass is 16.5. The Balaban J connectivity index is 1.45. The number of aromatic nitrogens is 3. The highest BCUT2D eigenvalue weighted by molar-refractivity contribution is 5.99. The van der Waals surface area contributed by atoms with Gasteiger partial charge < -0.3 is 19.8 Å². The summed E-state index contributed by atoms with van der Waals surface area (Å²) >= 11 is 0. The zero-order valence-electron chi connectivity index (χ0n) is 17.9. The topological polar surface area (TPSA) is 107 Å². The molecule has 8 nitrogen and oxygen atoms in total. The number of nitrogens with zero attached hydrogens (tertiary/aromatic N) is 4. The molecule has 0 saturated carbocycles. The number of aryl methyl sites for hydroxylation is 2. The zero-order valence-corrected chi connectivity index (χ0v) is 17.9. The molecule has 0 bridgehead atoms. The second-order valence-electron chi connectivity index (χ2n) is 7.96. The van der Waals surface area contributed by atoms with E-state index < -0.39 is 6.10 Å². The number of furan rings is 1. The summed E-state index contributed by atoms with van der Waals surface area (Å²) in [4.78, 5) is 27.8. The molecule has 2 N–H and O–H groups in total. The van der Waals surface area contributed by atoms with E-state index >= 15 is 0 Å². The third-order valence-electron chi connectivity index (χ3n) is 5.78. The third-order valence-corrected chi connectivity index (χ3v) is 5.78. The van der Waals surface area contributed by atoms with Crippen LogP contribution in [-0.4, -0.2) is 45.5 Å². The molecule has 0 radical (unpaired) electrons. The molecule has 0 unspecified atom stereocenters. The number of ether oxygens (including phenoxy) is 1. The van der Waals surface area contributed by atoms with Gasteiger partial charge in [-0.3, -0.25) is 4.79 Å². The predicted octanol–water partition coefficient (Wildman–Crippen LogP) is 3.70. The quantitative estimate of drug-likeness (QED) is 0.529. The van der Waals surface area contributed by atoms with Crippen molar-refractivity contribution in [3.63, 3.8) is 0 Å². The molecular weight excluding hydrogens is 406 g/mol. The Hall–Kier alpha value is -3.78. The van der Waals surface area contributed by atoms with E-state index in [2.05, 4.69) is 15.0 Å². The molecule has 162 valence electrons. The van der Waals surface area contributed by atoms with E-state index in [4.69, 9.17) is 14.9 Å². The number of anilines is 1. The summed E-state index contributed by atoms with van der Waals surface area (Å²) in [6.07, 6.45) is 4.46. The second kappa shape index (κ2) is 8.05. The summed E-state index contributed by atoms with van der Waals surface area (Å²) in [6, 6.07) is 9.55. The fourth-order valence-electron chi connectivity index (χ4n) is 4.12. The van der Waals surface area contributed by atoms with Gasteiger partial charge in [-0.05, 0) is 43.7 Å². The first kappa shape index (κ1) is 20.1. The SMILES string of the molecule is Cc1ccc2oc(C(=O)N3CCO[C@H](c4ncncc4-c4ccnc(N)c4)C3)c(C)c2c1. The monoisotopic (exact) mass is 429 g/mol. The number of nitrogens with two attached hydrogens (primary N) is 1. The highest BCUT2D eigenvalue weighted by Crippen LogP contribution is 2.32. The lowest BCUT2D eigenvalue weighted by molar-refractivity contribution is -0.0254. The Bertz CT molecular complexity index is 1320. The largest absolute Gasteiger partial charge is 0.451 e. The minimum Gasteiger partial charge on any atom is -0.451 e. The van der Waals surface area contributed by atoms with E-state index in [0.717, 1.165) is 33.2 Å². The summed E-state index contributed by atoms with van der Waals surface area (Å²) < 4.78 is 12.0. The van der Waals surface area contributed by atoms with Gasteiger partial charge in [0.05, 0.1) is 18.8 Å². The van der Waals surface area contributed by atoms with Gasteiger partial charge in [0, 0.05) is 35.5 Å². The molecular formula is C24H23N5O3. The van der Waals surface area contributed by atoms with Crippen LogP contribution in [0.4, 0.5) is 5.82 Å². The predicted molar refractivity (Wildman–Crippen MR) is 120 cm³/mol. The maximum Gasteiger partial charge on any atom is 0.290 e. The standard InChI is InChI=1S/C24H23N5O3/c1-14-3-4-19-17(9-14)15(2)23(32-19)24(30)29-7-8-31-20(12-29)22-18(11-26-13-28-22)16-5-6-27-21(25)10-16/h3-6,9-11,13,20H,7-8,12H2,1-2H3,(H2,25,27)/t20-/m0/s1. The Morgan fingerprint density at radius 2 is 2.06 bits per heavy atom. The number of rotatable bonds is 3. The van der Waals surface area contributed by atoms with Crippen molar-refractivity contribution in [2.45, 2.75) is 20.0 Å². The first-order chi connectivity index (χ1) is 15.5. The van der Waals surface area contributed by atoms with Crippen LogP contribution in [0.3, 0.4) is 0 Å². The maximum atomic E-state index is 13.4. The van der Waals surface area contributed by atoms with Crippen molar-refractivity contribution in [2.75, 3.05) is 25.4 Å². The molecule has 4 heterocycles. The smallest absolute Gasteiger partial charge is 0.290 e. The number of nitrogen functional groups attached to an aromatic ring is 1. The van der Waals surface area contributed by atoms with Gasteiger partial charge in [-0.1, -0.05) is 11.6 Å². The number of carbonyl (C=O) groups is 1. The molecule has 0 aliphatic carbocycles. The van der Waals surface area contributed by atoms with Crippen molar-refractivity contribution in [1.82, 2.24) is 19.9 Å². The fourth-order valence-corrected chi connectivity index (χ4v) is 4.12. The molecule has 1 saturated heterocycles. The average Bonchev–Trinajstić information content (AvgIpc) is 3.14. The molecule has 1 amide bonds. The lowest BCUT2D eigenvalue weighted by atomic mass is 10.0. The van der Waals surface area contributed by atoms with Gasteiger partial charge in [0.1, 0.15) is 23.8 Å². The Kier molecular flexibility index (Phi) is 5.07. The van der Waals surface area contributed by atoms with Gasteiger partial charge in [0.25, 0.3) is 5.91 Å². The van der Waals surface area contributed by atoms with E-state index in [1.165, 1.54) is 6.33 Å². The lowest BCUT2D eigenvalue weighted by Crippen LogP contribution is -2.42. The number of hydrogen-bond acceptors (Lipinski definition) is 7. The van der Waals surface area contributed by atoms with Crippen molar-refractivity contribution in [2.24, 2.45) is 0 Å². The van der Waals surface area contributed by atoms with Crippen LogP contribution in [0.2, 0.25) is 0 Å². The van der Waals surface area contributed by atoms with Gasteiger partial charge >= 0.3 is 0 Å². The minimum absolute atomic E-state index is 0.145. The Morgan fingerprint density at radius 3 is 2.91 bits per heavy atom. The number of hydrogen-bond donors (Lipinski definition) is 1. The number of benzene rings is 1. The van der Waals surface area contributed by atoms with Crippen LogP contribution in [0.5, 0.6) is 0 Å². The fraction of sp³-hybridized carbons (Fsp3) is 0.250. The van der Waals surface area contributed by atoms with Gasteiger partial charge in [0.15, 0.2) is 5.76 Å². The molecule has 4 aromatic rings. The first-order valence-corrected chi connectivity index (χ1v) is 10.4. The molecule has 3 aromatic heterocycles. The van der Waals surface area contributed by atoms with Gasteiger partial charge in [0.2, 0.25) is 0 Å². The summed E-state index contributed by atoms with van der Waals surface area (Å²) in [7, 11) is 0. The van der Waals surface area contributed by atoms with Crippen LogP contribution in [0.25, 0.3) is 22.1 Å². The molecule has 5 rings (SSSR count). The maximum absolute atomic E-state index is 13.4. The summed E-state index contributed by atoms with van der Waals surface area (Å²) in [6.45, 7) is 5.19. The molecule has 8 heteroatoms. The van der Waals surface area contributed by atoms with Crippen LogP contribution >= 0.6 is 0 Å². The van der Waals surface area contributed by atoms with Crippen molar-refractivity contribution >= 4 is 22.7 Å². The zero-order chi connectivity index (χ0) is 22.2. The van der Waals surface area contributed by atoms with E-state index in [1.54, 1.807) is 23.4 Å². The van der Waals surface area contributed by atoms with Gasteiger partial charge in [-0.2, -0.15) is 0 Å². The van der Waals surface area contributed by atoms with E-state index in [0.29, 0.717) is 37.0 Å². The van der Waals surface area contributed by atoms with Crippen molar-refractivity contribution < 1.29 is 13.9 Å². The summed E-state index contributed by atoms with van der Waals surface area (Å²) in [5.41, 5.74) is 10.9. The van der Waals surface area contributed by atoms with Crippen molar-refractivity contribution in [1.29, 1.82) is 0 Å². The van der Waals surface area contributed by atoms with Gasteiger partial charge in [-0.15, -0.1) is 0 Å². The number of amides is 1. The van der Waals surface area contributed by atoms with Crippen LogP contribution in [-0.2, 0) is 4.74 Å². The van der Waals surface area contributed by atoms with Gasteiger partial charge in [-0.25, -0.2) is 15.0 Å². The first-order valence-electron chi connectivity index (χ1n) is 10.4. The number of pyridine rings is 1. The van der Waals surface area contributed by atoms with Crippen LogP contribution in [0.15, 0.2) is 53.5 Å². The molecule has 1 aliphatic heterocycles. The van der Waals surface area contributed by atoms with Crippen LogP contribution in [0, 0.1) is 13.8 Å². The molecule has 1 aliphatic rings. The summed E-state index contributed by atoms with van der Waals surface area (Å²) in [5, 5.41) is 0.964. The molecule has 1 aromatic carbocycles. The second-order valence-corrected chi connectivity index (χ2v) is 7.96. The summed E-state index contributed by atoms with van der Waals surface area (Å²) in [5.74, 6) is 0.638. The van der Waals surface area contributed by atoms with Crippen molar-refractivity contribution in [3.05, 3.63) is 71.6 Å². The minimum atomic E-state index is -0.396. The van der Waals surface area contributed by atoms with E-state index in [-0.39, 0.29) is 5.91 Å². The molecule has 0 spiro atoms.